The molecule has 4 aromatic rings. The van der Waals surface area contributed by atoms with Crippen LogP contribution in [0.3, 0.4) is 0 Å². The SMILES string of the molecule is O=C1CC2OC(=O)C=C(Cc3ccc(-c4ccccc4F)cc3)C2C(=O)N1.O=C1CC2OC(=O)C=C(Cc3ccc(Br)cc3)C2C(=O)N1.OB(O)c1ccccc1F. The average Bonchev–Trinajstić information content (AvgIpc) is 3.16. The van der Waals surface area contributed by atoms with Crippen LogP contribution in [-0.2, 0) is 51.1 Å². The van der Waals surface area contributed by atoms with Crippen LogP contribution >= 0.6 is 15.9 Å². The number of amides is 4. The quantitative estimate of drug-likeness (QED) is 0.127. The molecule has 58 heavy (non-hydrogen) atoms. The van der Waals surface area contributed by atoms with E-state index in [0.29, 0.717) is 29.6 Å². The minimum absolute atomic E-state index is 0.0221. The third-order valence-corrected chi connectivity index (χ3v) is 10.1. The van der Waals surface area contributed by atoms with Crippen molar-refractivity contribution in [2.75, 3.05) is 0 Å². The van der Waals surface area contributed by atoms with Gasteiger partial charge >= 0.3 is 19.1 Å². The standard InChI is InChI=1S/C21H16FNO4.C15H12BrNO4.C6H6BFO2/c22-16-4-2-1-3-15(16)13-7-5-12(6-8-13)9-14-10-19(25)27-17-11-18(24)23-21(26)20(14)17;16-10-3-1-8(2-4-10)5-9-6-13(19)21-11-7-12(18)17-15(20)14(9)11;8-6-4-2-1-3-5(6)7(9)10/h1-8,10,17,20H,9,11H2,(H,23,24,26);1-4,6,11,14H,5,7H2,(H,17,18,20);1-4,9-10H. The lowest BCUT2D eigenvalue weighted by Crippen LogP contribution is -2.52. The minimum Gasteiger partial charge on any atom is -0.457 e. The zero-order valence-electron chi connectivity index (χ0n) is 30.4. The summed E-state index contributed by atoms with van der Waals surface area (Å²) in [5.74, 6) is -4.86. The molecule has 4 atom stereocenters. The van der Waals surface area contributed by atoms with Crippen molar-refractivity contribution < 1.29 is 57.1 Å². The van der Waals surface area contributed by atoms with E-state index in [2.05, 4.69) is 26.6 Å². The molecular weight excluding hydrogens is 821 g/mol. The molecule has 4 unspecified atom stereocenters. The Bertz CT molecular complexity index is 2320. The highest BCUT2D eigenvalue weighted by atomic mass is 79.9. The molecule has 4 aromatic carbocycles. The number of fused-ring (bicyclic) bond motifs is 2. The van der Waals surface area contributed by atoms with Gasteiger partial charge in [0, 0.05) is 27.7 Å². The molecule has 296 valence electrons. The molecule has 0 spiro atoms. The number of rotatable bonds is 6. The number of hydrogen-bond acceptors (Lipinski definition) is 10. The van der Waals surface area contributed by atoms with Gasteiger partial charge in [-0.25, -0.2) is 18.4 Å². The van der Waals surface area contributed by atoms with Crippen molar-refractivity contribution in [2.24, 2.45) is 11.8 Å². The summed E-state index contributed by atoms with van der Waals surface area (Å²) in [4.78, 5) is 70.6. The molecule has 0 aliphatic carbocycles. The first-order chi connectivity index (χ1) is 27.7. The summed E-state index contributed by atoms with van der Waals surface area (Å²) in [5, 5.41) is 21.6. The van der Waals surface area contributed by atoms with Gasteiger partial charge in [0.2, 0.25) is 23.6 Å². The summed E-state index contributed by atoms with van der Waals surface area (Å²) in [6.45, 7) is 0. The second kappa shape index (κ2) is 18.4. The maximum absolute atomic E-state index is 13.9. The van der Waals surface area contributed by atoms with E-state index in [-0.39, 0.29) is 24.1 Å². The highest BCUT2D eigenvalue weighted by Gasteiger charge is 2.44. The summed E-state index contributed by atoms with van der Waals surface area (Å²) in [5.41, 5.74) is 4.32. The van der Waals surface area contributed by atoms with Gasteiger partial charge < -0.3 is 19.5 Å². The normalized spacial score (nSPS) is 20.8. The summed E-state index contributed by atoms with van der Waals surface area (Å²) in [7, 11) is -1.72. The van der Waals surface area contributed by atoms with Crippen molar-refractivity contribution in [3.8, 4) is 11.1 Å². The molecule has 4 aliphatic rings. The lowest BCUT2D eigenvalue weighted by atomic mass is 9.80. The van der Waals surface area contributed by atoms with E-state index in [4.69, 9.17) is 19.5 Å². The number of hydrogen-bond donors (Lipinski definition) is 4. The van der Waals surface area contributed by atoms with Crippen LogP contribution in [0.4, 0.5) is 8.78 Å². The number of piperidine rings is 2. The fraction of sp³-hybridized carbons (Fsp3) is 0.190. The molecule has 12 nitrogen and oxygen atoms in total. The van der Waals surface area contributed by atoms with Gasteiger partial charge in [0.15, 0.2) is 0 Å². The Hall–Kier alpha value is -6.10. The summed E-state index contributed by atoms with van der Waals surface area (Å²) >= 11 is 3.36. The second-order valence-corrected chi connectivity index (χ2v) is 14.5. The lowest BCUT2D eigenvalue weighted by Gasteiger charge is -2.34. The van der Waals surface area contributed by atoms with E-state index in [0.717, 1.165) is 21.2 Å². The Kier molecular flexibility index (Phi) is 13.2. The summed E-state index contributed by atoms with van der Waals surface area (Å²) < 4.78 is 37.7. The average molecular weight is 855 g/mol. The molecule has 4 aliphatic heterocycles. The van der Waals surface area contributed by atoms with Gasteiger partial charge in [-0.1, -0.05) is 88.7 Å². The van der Waals surface area contributed by atoms with Crippen molar-refractivity contribution in [3.63, 3.8) is 0 Å². The largest absolute Gasteiger partial charge is 0.491 e. The number of ether oxygens (including phenoxy) is 2. The fourth-order valence-electron chi connectivity index (χ4n) is 6.93. The van der Waals surface area contributed by atoms with Crippen molar-refractivity contribution in [1.82, 2.24) is 10.6 Å². The monoisotopic (exact) mass is 854 g/mol. The van der Waals surface area contributed by atoms with Crippen LogP contribution in [-0.4, -0.2) is 64.9 Å². The van der Waals surface area contributed by atoms with Gasteiger partial charge in [-0.15, -0.1) is 0 Å². The molecule has 0 radical (unpaired) electrons. The van der Waals surface area contributed by atoms with Crippen LogP contribution < -0.4 is 16.1 Å². The van der Waals surface area contributed by atoms with Gasteiger partial charge in [-0.2, -0.15) is 0 Å². The molecule has 0 saturated carbocycles. The smallest absolute Gasteiger partial charge is 0.457 e. The fourth-order valence-corrected chi connectivity index (χ4v) is 7.20. The van der Waals surface area contributed by atoms with E-state index >= 15 is 0 Å². The zero-order chi connectivity index (χ0) is 41.5. The molecular formula is C42H34BBrF2N2O10. The van der Waals surface area contributed by atoms with Gasteiger partial charge in [0.1, 0.15) is 23.8 Å². The van der Waals surface area contributed by atoms with Crippen LogP contribution in [0.15, 0.2) is 125 Å². The predicted molar refractivity (Wildman–Crippen MR) is 208 cm³/mol. The topological polar surface area (TPSA) is 185 Å². The van der Waals surface area contributed by atoms with Crippen LogP contribution in [0.5, 0.6) is 0 Å². The number of benzene rings is 4. The molecule has 0 aromatic heterocycles. The lowest BCUT2D eigenvalue weighted by molar-refractivity contribution is -0.158. The molecule has 2 fully saturated rings. The van der Waals surface area contributed by atoms with Crippen LogP contribution in [0.2, 0.25) is 0 Å². The Labute approximate surface area is 339 Å². The second-order valence-electron chi connectivity index (χ2n) is 13.6. The van der Waals surface area contributed by atoms with Gasteiger partial charge in [0.25, 0.3) is 0 Å². The first-order valence-corrected chi connectivity index (χ1v) is 18.7. The number of nitrogens with one attached hydrogen (secondary N) is 2. The molecule has 2 saturated heterocycles. The Morgan fingerprint density at radius 1 is 0.621 bits per heavy atom. The highest BCUT2D eigenvalue weighted by Crippen LogP contribution is 2.33. The van der Waals surface area contributed by atoms with Gasteiger partial charge in [-0.05, 0) is 64.9 Å². The van der Waals surface area contributed by atoms with E-state index in [1.54, 1.807) is 30.3 Å². The predicted octanol–water partition coefficient (Wildman–Crippen LogP) is 3.56. The third-order valence-electron chi connectivity index (χ3n) is 9.60. The third kappa shape index (κ3) is 10.3. The van der Waals surface area contributed by atoms with Crippen LogP contribution in [0.1, 0.15) is 24.0 Å². The Morgan fingerprint density at radius 3 is 1.52 bits per heavy atom. The maximum Gasteiger partial charge on any atom is 0.491 e. The first kappa shape index (κ1) is 41.5. The summed E-state index contributed by atoms with van der Waals surface area (Å²) in [6, 6.07) is 27.0. The van der Waals surface area contributed by atoms with Crippen molar-refractivity contribution in [3.05, 3.63) is 148 Å². The highest BCUT2D eigenvalue weighted by molar-refractivity contribution is 9.10. The Morgan fingerprint density at radius 2 is 1.07 bits per heavy atom. The summed E-state index contributed by atoms with van der Waals surface area (Å²) in [6.07, 6.45) is 2.09. The first-order valence-electron chi connectivity index (χ1n) is 17.9. The molecule has 4 heterocycles. The van der Waals surface area contributed by atoms with E-state index < -0.39 is 72.5 Å². The van der Waals surface area contributed by atoms with Crippen molar-refractivity contribution >= 4 is 64.1 Å². The number of halogens is 3. The van der Waals surface area contributed by atoms with E-state index in [9.17, 15) is 37.5 Å². The molecule has 0 bridgehead atoms. The number of imide groups is 2. The Balaban J connectivity index is 0.000000162. The molecule has 4 N–H and O–H groups in total. The zero-order valence-corrected chi connectivity index (χ0v) is 32.0. The number of esters is 2. The van der Waals surface area contributed by atoms with E-state index in [1.807, 2.05) is 36.4 Å². The molecule has 4 amide bonds. The molecule has 8 rings (SSSR count). The number of carbonyl (C=O) groups is 6. The van der Waals surface area contributed by atoms with Crippen LogP contribution in [0.25, 0.3) is 11.1 Å². The van der Waals surface area contributed by atoms with Crippen LogP contribution in [0, 0.1) is 23.5 Å². The minimum atomic E-state index is -1.72. The van der Waals surface area contributed by atoms with Crippen molar-refractivity contribution in [1.29, 1.82) is 0 Å². The number of carbonyl (C=O) groups excluding carboxylic acids is 6. The molecule has 16 heteroatoms. The van der Waals surface area contributed by atoms with Gasteiger partial charge in [-0.3, -0.25) is 29.8 Å². The van der Waals surface area contributed by atoms with Crippen molar-refractivity contribution in [2.45, 2.75) is 37.9 Å². The van der Waals surface area contributed by atoms with Gasteiger partial charge in [0.05, 0.1) is 24.7 Å². The maximum atomic E-state index is 13.9. The van der Waals surface area contributed by atoms with E-state index in [1.165, 1.54) is 42.5 Å².